The first kappa shape index (κ1) is 8.95. The van der Waals surface area contributed by atoms with Crippen LogP contribution in [0.25, 0.3) is 5.65 Å². The van der Waals surface area contributed by atoms with E-state index in [1.54, 1.807) is 10.6 Å². The maximum Gasteiger partial charge on any atom is 0.158 e. The molecule has 2 rings (SSSR count). The van der Waals surface area contributed by atoms with Gasteiger partial charge in [0.2, 0.25) is 0 Å². The van der Waals surface area contributed by atoms with E-state index >= 15 is 0 Å². The summed E-state index contributed by atoms with van der Waals surface area (Å²) in [7, 11) is 0. The smallest absolute Gasteiger partial charge is 0.158 e. The maximum absolute atomic E-state index is 5.73. The molecule has 0 saturated carbocycles. The number of rotatable bonds is 0. The van der Waals surface area contributed by atoms with Crippen molar-refractivity contribution in [3.63, 3.8) is 0 Å². The third-order valence-electron chi connectivity index (χ3n) is 1.32. The van der Waals surface area contributed by atoms with E-state index in [0.29, 0.717) is 5.15 Å². The third-order valence-corrected chi connectivity index (χ3v) is 2.83. The van der Waals surface area contributed by atoms with E-state index in [0.717, 1.165) is 13.0 Å². The second-order valence-corrected chi connectivity index (χ2v) is 4.74. The van der Waals surface area contributed by atoms with Gasteiger partial charge in [0.25, 0.3) is 0 Å². The van der Waals surface area contributed by atoms with Gasteiger partial charge in [-0.25, -0.2) is 9.50 Å². The lowest BCUT2D eigenvalue weighted by Gasteiger charge is -1.96. The molecule has 2 heterocycles. The van der Waals surface area contributed by atoms with Crippen LogP contribution in [0.2, 0.25) is 5.15 Å². The van der Waals surface area contributed by atoms with Gasteiger partial charge in [0, 0.05) is 12.1 Å². The molecule has 0 aromatic carbocycles. The second-order valence-electron chi connectivity index (χ2n) is 2.14. The average molecular weight is 405 g/mol. The maximum atomic E-state index is 5.73. The van der Waals surface area contributed by atoms with E-state index in [2.05, 4.69) is 55.3 Å². The van der Waals surface area contributed by atoms with E-state index in [1.165, 1.54) is 0 Å². The summed E-state index contributed by atoms with van der Waals surface area (Å²) in [4.78, 5) is 4.26. The van der Waals surface area contributed by atoms with Crippen molar-refractivity contribution in [2.75, 3.05) is 0 Å². The van der Waals surface area contributed by atoms with Crippen LogP contribution in [0.5, 0.6) is 0 Å². The molecule has 12 heavy (non-hydrogen) atoms. The van der Waals surface area contributed by atoms with Gasteiger partial charge in [-0.2, -0.15) is 5.10 Å². The van der Waals surface area contributed by atoms with E-state index in [9.17, 15) is 0 Å². The van der Waals surface area contributed by atoms with E-state index in [4.69, 9.17) is 11.6 Å². The highest BCUT2D eigenvalue weighted by atomic mass is 127. The summed E-state index contributed by atoms with van der Waals surface area (Å²) in [5, 5.41) is 4.54. The van der Waals surface area contributed by atoms with Crippen molar-refractivity contribution in [1.29, 1.82) is 0 Å². The highest BCUT2D eigenvalue weighted by molar-refractivity contribution is 14.1. The Bertz CT molecular complexity index is 440. The molecule has 0 unspecified atom stereocenters. The Kier molecular flexibility index (Phi) is 2.43. The van der Waals surface area contributed by atoms with Crippen LogP contribution in [0.3, 0.4) is 0 Å². The summed E-state index contributed by atoms with van der Waals surface area (Å²) in [6, 6.07) is 3.68. The molecular weight excluding hydrogens is 403 g/mol. The number of halogens is 3. The van der Waals surface area contributed by atoms with Crippen LogP contribution in [-0.2, 0) is 0 Å². The van der Waals surface area contributed by atoms with Gasteiger partial charge in [-0.1, -0.05) is 11.6 Å². The quantitative estimate of drug-likeness (QED) is 0.498. The zero-order valence-corrected chi connectivity index (χ0v) is 10.7. The molecule has 0 bridgehead atoms. The largest absolute Gasteiger partial charge is 0.222 e. The van der Waals surface area contributed by atoms with Crippen LogP contribution >= 0.6 is 56.8 Å². The Balaban J connectivity index is 2.88. The summed E-state index contributed by atoms with van der Waals surface area (Å²) >= 11 is 10.1. The number of hydrogen-bond acceptors (Lipinski definition) is 2. The van der Waals surface area contributed by atoms with Crippen molar-refractivity contribution in [1.82, 2.24) is 14.6 Å². The minimum Gasteiger partial charge on any atom is -0.222 e. The summed E-state index contributed by atoms with van der Waals surface area (Å²) in [5.41, 5.74) is 0.788. The van der Waals surface area contributed by atoms with Crippen LogP contribution in [0.15, 0.2) is 12.1 Å². The average Bonchev–Trinajstić information content (AvgIpc) is 2.29. The Labute approximate surface area is 101 Å². The van der Waals surface area contributed by atoms with Gasteiger partial charge < -0.3 is 0 Å². The lowest BCUT2D eigenvalue weighted by atomic mass is 10.6. The topological polar surface area (TPSA) is 30.2 Å². The van der Waals surface area contributed by atoms with Crippen LogP contribution in [0.4, 0.5) is 0 Å². The van der Waals surface area contributed by atoms with E-state index < -0.39 is 0 Å². The summed E-state index contributed by atoms with van der Waals surface area (Å²) in [6.45, 7) is 0. The molecule has 62 valence electrons. The summed E-state index contributed by atoms with van der Waals surface area (Å²) in [5.74, 6) is 0. The Hall–Kier alpha value is 0.370. The molecule has 6 heteroatoms. The molecule has 0 amide bonds. The zero-order valence-electron chi connectivity index (χ0n) is 5.63. The van der Waals surface area contributed by atoms with Crippen LogP contribution in [0.1, 0.15) is 0 Å². The minimum absolute atomic E-state index is 0.474. The third kappa shape index (κ3) is 1.53. The van der Waals surface area contributed by atoms with Crippen molar-refractivity contribution >= 4 is 62.4 Å². The first-order valence-corrected chi connectivity index (χ1v) is 5.58. The predicted molar refractivity (Wildman–Crippen MR) is 63.4 cm³/mol. The number of nitrogens with zero attached hydrogens (tertiary/aromatic N) is 3. The van der Waals surface area contributed by atoms with Gasteiger partial charge in [0.05, 0.1) is 0 Å². The first-order chi connectivity index (χ1) is 5.66. The molecule has 0 spiro atoms. The fraction of sp³-hybridized carbons (Fsp3) is 0. The van der Waals surface area contributed by atoms with Crippen molar-refractivity contribution < 1.29 is 0 Å². The normalized spacial score (nSPS) is 10.9. The molecule has 0 saturated heterocycles. The van der Waals surface area contributed by atoms with Gasteiger partial charge >= 0.3 is 0 Å². The Morgan fingerprint density at radius 3 is 2.83 bits per heavy atom. The molecular formula is C6H2ClI2N3. The van der Waals surface area contributed by atoms with E-state index in [1.807, 2.05) is 6.07 Å². The fourth-order valence-corrected chi connectivity index (χ4v) is 2.84. The minimum atomic E-state index is 0.474. The van der Waals surface area contributed by atoms with Gasteiger partial charge in [-0.05, 0) is 45.2 Å². The molecule has 2 aromatic rings. The van der Waals surface area contributed by atoms with Crippen molar-refractivity contribution in [3.05, 3.63) is 24.7 Å². The molecule has 0 N–H and O–H groups in total. The number of hydrogen-bond donors (Lipinski definition) is 0. The number of aromatic nitrogens is 3. The SMILES string of the molecule is Clc1cc2nc(I)cc(I)n2n1. The standard InChI is InChI=1S/C6H2ClI2N3/c7-3-1-6-10-4(8)2-5(9)12(6)11-3/h1-2H. The fourth-order valence-electron chi connectivity index (χ4n) is 0.881. The summed E-state index contributed by atoms with van der Waals surface area (Å²) in [6.07, 6.45) is 0. The van der Waals surface area contributed by atoms with Crippen LogP contribution in [0, 0.1) is 7.40 Å². The Morgan fingerprint density at radius 1 is 1.33 bits per heavy atom. The first-order valence-electron chi connectivity index (χ1n) is 3.04. The van der Waals surface area contributed by atoms with Gasteiger partial charge in [-0.15, -0.1) is 0 Å². The molecule has 2 aromatic heterocycles. The molecule has 0 aliphatic carbocycles. The molecule has 0 radical (unpaired) electrons. The molecule has 0 fully saturated rings. The lowest BCUT2D eigenvalue weighted by Crippen LogP contribution is -1.96. The highest BCUT2D eigenvalue weighted by Crippen LogP contribution is 2.15. The molecule has 0 aliphatic rings. The zero-order chi connectivity index (χ0) is 8.72. The monoisotopic (exact) mass is 405 g/mol. The van der Waals surface area contributed by atoms with Gasteiger partial charge in [0.15, 0.2) is 10.8 Å². The highest BCUT2D eigenvalue weighted by Gasteiger charge is 2.04. The molecule has 0 atom stereocenters. The summed E-state index contributed by atoms with van der Waals surface area (Å²) < 4.78 is 3.67. The van der Waals surface area contributed by atoms with E-state index in [-0.39, 0.29) is 0 Å². The van der Waals surface area contributed by atoms with Gasteiger partial charge in [-0.3, -0.25) is 0 Å². The van der Waals surface area contributed by atoms with Crippen LogP contribution in [-0.4, -0.2) is 14.6 Å². The van der Waals surface area contributed by atoms with Crippen molar-refractivity contribution in [2.24, 2.45) is 0 Å². The Morgan fingerprint density at radius 2 is 2.08 bits per heavy atom. The molecule has 0 aliphatic heterocycles. The number of fused-ring (bicyclic) bond motifs is 1. The second kappa shape index (κ2) is 3.26. The lowest BCUT2D eigenvalue weighted by molar-refractivity contribution is 0.906. The van der Waals surface area contributed by atoms with Crippen molar-refractivity contribution in [3.8, 4) is 0 Å². The molecule has 3 nitrogen and oxygen atoms in total. The van der Waals surface area contributed by atoms with Crippen LogP contribution < -0.4 is 0 Å². The van der Waals surface area contributed by atoms with Crippen molar-refractivity contribution in [2.45, 2.75) is 0 Å². The predicted octanol–water partition coefficient (Wildman–Crippen LogP) is 2.59. The van der Waals surface area contributed by atoms with Gasteiger partial charge in [0.1, 0.15) is 7.40 Å².